The number of aromatic hydroxyl groups is 1. The molecule has 2 nitrogen and oxygen atoms in total. The molecule has 0 saturated heterocycles. The molecule has 0 aliphatic rings. The lowest BCUT2D eigenvalue weighted by Gasteiger charge is -2.05. The minimum Gasteiger partial charge on any atom is -0.508 e. The number of allylic oxidation sites excluding steroid dienone is 4. The van der Waals surface area contributed by atoms with Gasteiger partial charge < -0.3 is 9.84 Å². The molecule has 0 amide bonds. The highest BCUT2D eigenvalue weighted by Crippen LogP contribution is 2.19. The molecule has 0 aliphatic carbocycles. The molecule has 15 heavy (non-hydrogen) atoms. The molecule has 1 aromatic rings. The lowest BCUT2D eigenvalue weighted by molar-refractivity contribution is 0.419. The monoisotopic (exact) mass is 204 g/mol. The SMILES string of the molecule is CC(C)=CC=C(C)Oc1cccc(O)c1. The number of benzene rings is 1. The molecule has 0 spiro atoms. The zero-order valence-electron chi connectivity index (χ0n) is 9.32. The Morgan fingerprint density at radius 1 is 1.20 bits per heavy atom. The van der Waals surface area contributed by atoms with Crippen molar-refractivity contribution >= 4 is 0 Å². The van der Waals surface area contributed by atoms with Crippen molar-refractivity contribution in [3.8, 4) is 11.5 Å². The fourth-order valence-electron chi connectivity index (χ4n) is 1.05. The first kappa shape index (κ1) is 11.4. The van der Waals surface area contributed by atoms with E-state index in [0.717, 1.165) is 5.76 Å². The maximum atomic E-state index is 9.23. The van der Waals surface area contributed by atoms with Crippen LogP contribution in [-0.2, 0) is 0 Å². The predicted molar refractivity (Wildman–Crippen MR) is 61.9 cm³/mol. The van der Waals surface area contributed by atoms with Crippen LogP contribution in [0.1, 0.15) is 20.8 Å². The molecule has 1 N–H and O–H groups in total. The smallest absolute Gasteiger partial charge is 0.130 e. The molecule has 0 aromatic heterocycles. The number of hydrogen-bond acceptors (Lipinski definition) is 2. The minimum absolute atomic E-state index is 0.211. The normalized spacial score (nSPS) is 11.0. The molecule has 1 rings (SSSR count). The number of hydrogen-bond donors (Lipinski definition) is 1. The van der Waals surface area contributed by atoms with Crippen molar-refractivity contribution in [3.63, 3.8) is 0 Å². The molecule has 1 aromatic carbocycles. The van der Waals surface area contributed by atoms with Gasteiger partial charge in [-0.3, -0.25) is 0 Å². The molecule has 0 heterocycles. The van der Waals surface area contributed by atoms with Gasteiger partial charge in [0.15, 0.2) is 0 Å². The molecule has 0 unspecified atom stereocenters. The molecule has 80 valence electrons. The van der Waals surface area contributed by atoms with Crippen molar-refractivity contribution in [2.24, 2.45) is 0 Å². The second kappa shape index (κ2) is 5.25. The van der Waals surface area contributed by atoms with Crippen molar-refractivity contribution in [3.05, 3.63) is 47.7 Å². The van der Waals surface area contributed by atoms with Crippen molar-refractivity contribution in [2.75, 3.05) is 0 Å². The molecule has 0 radical (unpaired) electrons. The largest absolute Gasteiger partial charge is 0.508 e. The summed E-state index contributed by atoms with van der Waals surface area (Å²) in [6.07, 6.45) is 3.89. The Morgan fingerprint density at radius 2 is 1.93 bits per heavy atom. The van der Waals surface area contributed by atoms with Gasteiger partial charge in [0.2, 0.25) is 0 Å². The molecule has 0 saturated carbocycles. The Hall–Kier alpha value is -1.70. The quantitative estimate of drug-likeness (QED) is 0.601. The lowest BCUT2D eigenvalue weighted by Crippen LogP contribution is -1.89. The van der Waals surface area contributed by atoms with Gasteiger partial charge in [-0.05, 0) is 39.0 Å². The van der Waals surface area contributed by atoms with Gasteiger partial charge in [0.1, 0.15) is 17.3 Å². The zero-order chi connectivity index (χ0) is 11.3. The first-order chi connectivity index (χ1) is 7.08. The Labute approximate surface area is 90.5 Å². The van der Waals surface area contributed by atoms with E-state index in [1.165, 1.54) is 5.57 Å². The summed E-state index contributed by atoms with van der Waals surface area (Å²) in [6, 6.07) is 6.75. The van der Waals surface area contributed by atoms with Gasteiger partial charge in [-0.2, -0.15) is 0 Å². The average Bonchev–Trinajstić information content (AvgIpc) is 2.15. The highest BCUT2D eigenvalue weighted by Gasteiger charge is 1.95. The molecule has 0 aliphatic heterocycles. The van der Waals surface area contributed by atoms with E-state index in [-0.39, 0.29) is 5.75 Å². The van der Waals surface area contributed by atoms with Gasteiger partial charge in [0.05, 0.1) is 0 Å². The Morgan fingerprint density at radius 3 is 2.53 bits per heavy atom. The number of ether oxygens (including phenoxy) is 1. The van der Waals surface area contributed by atoms with Crippen LogP contribution in [0, 0.1) is 0 Å². The van der Waals surface area contributed by atoms with Crippen molar-refractivity contribution in [1.29, 1.82) is 0 Å². The van der Waals surface area contributed by atoms with Gasteiger partial charge in [-0.1, -0.05) is 17.7 Å². The van der Waals surface area contributed by atoms with E-state index in [1.54, 1.807) is 24.3 Å². The Bertz CT molecular complexity index is 385. The maximum absolute atomic E-state index is 9.23. The van der Waals surface area contributed by atoms with E-state index < -0.39 is 0 Å². The Balaban J connectivity index is 2.70. The number of phenolic OH excluding ortho intramolecular Hbond substituents is 1. The van der Waals surface area contributed by atoms with Crippen LogP contribution in [-0.4, -0.2) is 5.11 Å². The number of rotatable bonds is 3. The van der Waals surface area contributed by atoms with Gasteiger partial charge in [0, 0.05) is 6.07 Å². The van der Waals surface area contributed by atoms with E-state index in [2.05, 4.69) is 0 Å². The number of phenols is 1. The van der Waals surface area contributed by atoms with E-state index in [1.807, 2.05) is 32.9 Å². The summed E-state index contributed by atoms with van der Waals surface area (Å²) in [4.78, 5) is 0. The third-order valence-corrected chi connectivity index (χ3v) is 1.75. The van der Waals surface area contributed by atoms with Crippen LogP contribution in [0.25, 0.3) is 0 Å². The van der Waals surface area contributed by atoms with Gasteiger partial charge in [-0.15, -0.1) is 0 Å². The highest BCUT2D eigenvalue weighted by molar-refractivity contribution is 5.33. The highest BCUT2D eigenvalue weighted by atomic mass is 16.5. The first-order valence-electron chi connectivity index (χ1n) is 4.86. The topological polar surface area (TPSA) is 29.5 Å². The minimum atomic E-state index is 0.211. The Kier molecular flexibility index (Phi) is 3.98. The molecule has 0 atom stereocenters. The molecular formula is C13H16O2. The third kappa shape index (κ3) is 4.36. The van der Waals surface area contributed by atoms with Crippen LogP contribution in [0.4, 0.5) is 0 Å². The standard InChI is InChI=1S/C13H16O2/c1-10(2)7-8-11(3)15-13-6-4-5-12(14)9-13/h4-9,14H,1-3H3. The first-order valence-corrected chi connectivity index (χ1v) is 4.86. The van der Waals surface area contributed by atoms with Crippen LogP contribution < -0.4 is 4.74 Å². The predicted octanol–water partition coefficient (Wildman–Crippen LogP) is 3.64. The van der Waals surface area contributed by atoms with Crippen LogP contribution in [0.5, 0.6) is 11.5 Å². The summed E-state index contributed by atoms with van der Waals surface area (Å²) in [7, 11) is 0. The summed E-state index contributed by atoms with van der Waals surface area (Å²) in [5, 5.41) is 9.23. The summed E-state index contributed by atoms with van der Waals surface area (Å²) in [5.74, 6) is 1.65. The fraction of sp³-hybridized carbons (Fsp3) is 0.231. The van der Waals surface area contributed by atoms with Gasteiger partial charge in [-0.25, -0.2) is 0 Å². The van der Waals surface area contributed by atoms with E-state index in [9.17, 15) is 5.11 Å². The van der Waals surface area contributed by atoms with E-state index >= 15 is 0 Å². The molecule has 0 fully saturated rings. The summed E-state index contributed by atoms with van der Waals surface area (Å²) in [6.45, 7) is 5.93. The van der Waals surface area contributed by atoms with Crippen LogP contribution in [0.15, 0.2) is 47.7 Å². The van der Waals surface area contributed by atoms with E-state index in [0.29, 0.717) is 5.75 Å². The molecule has 0 bridgehead atoms. The third-order valence-electron chi connectivity index (χ3n) is 1.75. The van der Waals surface area contributed by atoms with Crippen LogP contribution in [0.3, 0.4) is 0 Å². The van der Waals surface area contributed by atoms with Gasteiger partial charge in [0.25, 0.3) is 0 Å². The summed E-state index contributed by atoms with van der Waals surface area (Å²) >= 11 is 0. The maximum Gasteiger partial charge on any atom is 0.130 e. The molecule has 2 heteroatoms. The van der Waals surface area contributed by atoms with Crippen molar-refractivity contribution < 1.29 is 9.84 Å². The average molecular weight is 204 g/mol. The summed E-state index contributed by atoms with van der Waals surface area (Å²) < 4.78 is 5.50. The van der Waals surface area contributed by atoms with Gasteiger partial charge >= 0.3 is 0 Å². The fourth-order valence-corrected chi connectivity index (χ4v) is 1.05. The summed E-state index contributed by atoms with van der Waals surface area (Å²) in [5.41, 5.74) is 1.22. The lowest BCUT2D eigenvalue weighted by atomic mass is 10.3. The molecular weight excluding hydrogens is 188 g/mol. The second-order valence-electron chi connectivity index (χ2n) is 3.62. The van der Waals surface area contributed by atoms with E-state index in [4.69, 9.17) is 4.74 Å². The van der Waals surface area contributed by atoms with Crippen molar-refractivity contribution in [2.45, 2.75) is 20.8 Å². The zero-order valence-corrected chi connectivity index (χ0v) is 9.32. The van der Waals surface area contributed by atoms with Crippen molar-refractivity contribution in [1.82, 2.24) is 0 Å². The second-order valence-corrected chi connectivity index (χ2v) is 3.62. The van der Waals surface area contributed by atoms with Crippen LogP contribution in [0.2, 0.25) is 0 Å². The van der Waals surface area contributed by atoms with Crippen LogP contribution >= 0.6 is 0 Å².